The average molecular weight is 314 g/mol. The largest absolute Gasteiger partial charge is 0.396 e. The van der Waals surface area contributed by atoms with E-state index in [4.69, 9.17) is 5.11 Å². The number of anilines is 1. The SMILES string of the molecule is CS(=O)(=O)Nc1ccc(C(=O)NCCCCCCO)cc1. The van der Waals surface area contributed by atoms with Gasteiger partial charge in [-0.2, -0.15) is 0 Å². The predicted octanol–water partition coefficient (Wildman–Crippen LogP) is 1.34. The maximum atomic E-state index is 11.8. The number of sulfonamides is 1. The van der Waals surface area contributed by atoms with Crippen molar-refractivity contribution in [2.45, 2.75) is 25.7 Å². The number of unbranched alkanes of at least 4 members (excludes halogenated alkanes) is 3. The number of aliphatic hydroxyl groups excluding tert-OH is 1. The molecule has 21 heavy (non-hydrogen) atoms. The number of carbonyl (C=O) groups excluding carboxylic acids is 1. The van der Waals surface area contributed by atoms with Gasteiger partial charge in [0.15, 0.2) is 0 Å². The highest BCUT2D eigenvalue weighted by atomic mass is 32.2. The van der Waals surface area contributed by atoms with Gasteiger partial charge < -0.3 is 10.4 Å². The molecule has 0 spiro atoms. The smallest absolute Gasteiger partial charge is 0.251 e. The Balaban J connectivity index is 2.38. The first-order chi connectivity index (χ1) is 9.92. The highest BCUT2D eigenvalue weighted by Crippen LogP contribution is 2.10. The van der Waals surface area contributed by atoms with Crippen LogP contribution in [0.15, 0.2) is 24.3 Å². The molecule has 0 aliphatic heterocycles. The minimum Gasteiger partial charge on any atom is -0.396 e. The van der Waals surface area contributed by atoms with Gasteiger partial charge in [-0.3, -0.25) is 9.52 Å². The summed E-state index contributed by atoms with van der Waals surface area (Å²) < 4.78 is 24.5. The molecule has 0 aromatic heterocycles. The molecule has 0 aliphatic rings. The van der Waals surface area contributed by atoms with Crippen LogP contribution in [0, 0.1) is 0 Å². The van der Waals surface area contributed by atoms with E-state index in [1.807, 2.05) is 0 Å². The van der Waals surface area contributed by atoms with Crippen LogP contribution in [0.2, 0.25) is 0 Å². The molecule has 0 saturated heterocycles. The third-order valence-electron chi connectivity index (χ3n) is 2.82. The fourth-order valence-corrected chi connectivity index (χ4v) is 2.36. The fraction of sp³-hybridized carbons (Fsp3) is 0.500. The van der Waals surface area contributed by atoms with Crippen molar-refractivity contribution < 1.29 is 18.3 Å². The molecule has 0 fully saturated rings. The van der Waals surface area contributed by atoms with Gasteiger partial charge in [0.1, 0.15) is 0 Å². The molecule has 3 N–H and O–H groups in total. The van der Waals surface area contributed by atoms with Crippen molar-refractivity contribution in [3.8, 4) is 0 Å². The van der Waals surface area contributed by atoms with Crippen molar-refractivity contribution in [1.82, 2.24) is 5.32 Å². The first kappa shape index (κ1) is 17.5. The Hall–Kier alpha value is -1.60. The summed E-state index contributed by atoms with van der Waals surface area (Å²) in [5.74, 6) is -0.178. The third kappa shape index (κ3) is 7.67. The van der Waals surface area contributed by atoms with E-state index in [0.29, 0.717) is 17.8 Å². The van der Waals surface area contributed by atoms with Crippen molar-refractivity contribution in [2.24, 2.45) is 0 Å². The number of aliphatic hydroxyl groups is 1. The van der Waals surface area contributed by atoms with E-state index in [-0.39, 0.29) is 12.5 Å². The lowest BCUT2D eigenvalue weighted by Gasteiger charge is -2.07. The molecule has 1 aromatic rings. The van der Waals surface area contributed by atoms with Gasteiger partial charge in [0.05, 0.1) is 6.26 Å². The fourth-order valence-electron chi connectivity index (χ4n) is 1.80. The summed E-state index contributed by atoms with van der Waals surface area (Å²) in [7, 11) is -3.30. The van der Waals surface area contributed by atoms with E-state index in [9.17, 15) is 13.2 Å². The molecule has 1 amide bonds. The summed E-state index contributed by atoms with van der Waals surface area (Å²) in [4.78, 5) is 11.8. The molecule has 0 bridgehead atoms. The van der Waals surface area contributed by atoms with Gasteiger partial charge in [-0.25, -0.2) is 8.42 Å². The Morgan fingerprint density at radius 1 is 1.10 bits per heavy atom. The second-order valence-electron chi connectivity index (χ2n) is 4.85. The molecule has 7 heteroatoms. The number of hydrogen-bond acceptors (Lipinski definition) is 4. The van der Waals surface area contributed by atoms with Crippen molar-refractivity contribution in [3.63, 3.8) is 0 Å². The lowest BCUT2D eigenvalue weighted by Crippen LogP contribution is -2.24. The average Bonchev–Trinajstić information content (AvgIpc) is 2.41. The Labute approximate surface area is 125 Å². The molecule has 0 heterocycles. The number of carbonyl (C=O) groups is 1. The zero-order valence-electron chi connectivity index (χ0n) is 12.1. The lowest BCUT2D eigenvalue weighted by atomic mass is 10.2. The van der Waals surface area contributed by atoms with E-state index in [1.54, 1.807) is 24.3 Å². The summed E-state index contributed by atoms with van der Waals surface area (Å²) in [6.45, 7) is 0.799. The van der Waals surface area contributed by atoms with Crippen LogP contribution in [0.3, 0.4) is 0 Å². The molecule has 1 aromatic carbocycles. The second kappa shape index (κ2) is 8.63. The van der Waals surface area contributed by atoms with Gasteiger partial charge in [-0.05, 0) is 37.1 Å². The Bertz CT molecular complexity index is 541. The van der Waals surface area contributed by atoms with E-state index in [0.717, 1.165) is 31.9 Å². The van der Waals surface area contributed by atoms with Gasteiger partial charge >= 0.3 is 0 Å². The maximum absolute atomic E-state index is 11.8. The summed E-state index contributed by atoms with van der Waals surface area (Å²) in [6, 6.07) is 6.26. The summed E-state index contributed by atoms with van der Waals surface area (Å²) in [5.41, 5.74) is 0.919. The molecule has 0 unspecified atom stereocenters. The maximum Gasteiger partial charge on any atom is 0.251 e. The zero-order valence-corrected chi connectivity index (χ0v) is 12.9. The summed E-state index contributed by atoms with van der Waals surface area (Å²) in [6.07, 6.45) is 4.67. The quantitative estimate of drug-likeness (QED) is 0.599. The highest BCUT2D eigenvalue weighted by Gasteiger charge is 2.06. The number of benzene rings is 1. The number of amides is 1. The molecular formula is C14H22N2O4S. The van der Waals surface area contributed by atoms with Crippen LogP contribution in [0.1, 0.15) is 36.0 Å². The van der Waals surface area contributed by atoms with Crippen LogP contribution in [0.5, 0.6) is 0 Å². The molecule has 0 radical (unpaired) electrons. The van der Waals surface area contributed by atoms with Crippen LogP contribution in [0.4, 0.5) is 5.69 Å². The number of rotatable bonds is 9. The normalized spacial score (nSPS) is 11.1. The minimum absolute atomic E-state index is 0.178. The third-order valence-corrected chi connectivity index (χ3v) is 3.43. The van der Waals surface area contributed by atoms with Crippen molar-refractivity contribution in [2.75, 3.05) is 24.1 Å². The van der Waals surface area contributed by atoms with E-state index >= 15 is 0 Å². The molecular weight excluding hydrogens is 292 g/mol. The van der Waals surface area contributed by atoms with E-state index in [1.165, 1.54) is 0 Å². The summed E-state index contributed by atoms with van der Waals surface area (Å²) >= 11 is 0. The van der Waals surface area contributed by atoms with Crippen molar-refractivity contribution >= 4 is 21.6 Å². The molecule has 0 atom stereocenters. The number of nitrogens with one attached hydrogen (secondary N) is 2. The molecule has 118 valence electrons. The van der Waals surface area contributed by atoms with Gasteiger partial charge in [0.2, 0.25) is 10.0 Å². The minimum atomic E-state index is -3.30. The Morgan fingerprint density at radius 2 is 1.71 bits per heavy atom. The molecule has 1 rings (SSSR count). The van der Waals surface area contributed by atoms with Crippen LogP contribution in [-0.4, -0.2) is 38.8 Å². The standard InChI is InChI=1S/C14H22N2O4S/c1-21(19,20)16-13-8-6-12(7-9-13)14(18)15-10-4-2-3-5-11-17/h6-9,16-17H,2-5,10-11H2,1H3,(H,15,18). The van der Waals surface area contributed by atoms with Crippen LogP contribution >= 0.6 is 0 Å². The lowest BCUT2D eigenvalue weighted by molar-refractivity contribution is 0.0953. The van der Waals surface area contributed by atoms with Gasteiger partial charge in [0, 0.05) is 24.4 Å². The van der Waals surface area contributed by atoms with Gasteiger partial charge in [0.25, 0.3) is 5.91 Å². The zero-order chi connectivity index (χ0) is 15.7. The monoisotopic (exact) mass is 314 g/mol. The highest BCUT2D eigenvalue weighted by molar-refractivity contribution is 7.92. The second-order valence-corrected chi connectivity index (χ2v) is 6.59. The van der Waals surface area contributed by atoms with Gasteiger partial charge in [-0.1, -0.05) is 12.8 Å². The first-order valence-electron chi connectivity index (χ1n) is 6.89. The van der Waals surface area contributed by atoms with Crippen LogP contribution in [0.25, 0.3) is 0 Å². The van der Waals surface area contributed by atoms with Crippen molar-refractivity contribution in [1.29, 1.82) is 0 Å². The molecule has 6 nitrogen and oxygen atoms in total. The van der Waals surface area contributed by atoms with Gasteiger partial charge in [-0.15, -0.1) is 0 Å². The number of hydrogen-bond donors (Lipinski definition) is 3. The Kier molecular flexibility index (Phi) is 7.18. The first-order valence-corrected chi connectivity index (χ1v) is 8.78. The van der Waals surface area contributed by atoms with E-state index < -0.39 is 10.0 Å². The van der Waals surface area contributed by atoms with Crippen molar-refractivity contribution in [3.05, 3.63) is 29.8 Å². The predicted molar refractivity (Wildman–Crippen MR) is 82.8 cm³/mol. The van der Waals surface area contributed by atoms with Crippen LogP contribution in [-0.2, 0) is 10.0 Å². The molecule has 0 saturated carbocycles. The van der Waals surface area contributed by atoms with Crippen LogP contribution < -0.4 is 10.0 Å². The summed E-state index contributed by atoms with van der Waals surface area (Å²) in [5, 5.41) is 11.4. The van der Waals surface area contributed by atoms with E-state index in [2.05, 4.69) is 10.0 Å². The Morgan fingerprint density at radius 3 is 2.29 bits per heavy atom. The topological polar surface area (TPSA) is 95.5 Å². The molecule has 0 aliphatic carbocycles.